The lowest BCUT2D eigenvalue weighted by atomic mass is 10.1. The molecule has 2 N–H and O–H groups in total. The normalized spacial score (nSPS) is 14.2. The first-order valence-electron chi connectivity index (χ1n) is 7.03. The van der Waals surface area contributed by atoms with Crippen LogP contribution in [0, 0.1) is 0 Å². The van der Waals surface area contributed by atoms with E-state index in [1.54, 1.807) is 7.05 Å². The Hall–Kier alpha value is -1.26. The van der Waals surface area contributed by atoms with Gasteiger partial charge in [-0.1, -0.05) is 17.7 Å². The van der Waals surface area contributed by atoms with Crippen molar-refractivity contribution in [2.45, 2.75) is 31.8 Å². The molecule has 0 bridgehead atoms. The van der Waals surface area contributed by atoms with Crippen molar-refractivity contribution in [2.24, 2.45) is 0 Å². The summed E-state index contributed by atoms with van der Waals surface area (Å²) in [4.78, 5) is 13.4. The predicted molar refractivity (Wildman–Crippen MR) is 83.3 cm³/mol. The number of anilines is 1. The molecule has 0 spiro atoms. The van der Waals surface area contributed by atoms with Gasteiger partial charge < -0.3 is 15.5 Å². The summed E-state index contributed by atoms with van der Waals surface area (Å²) >= 11 is 6.10. The van der Waals surface area contributed by atoms with Crippen LogP contribution < -0.4 is 15.5 Å². The SMILES string of the molecule is CNC(=O)CCN(C)c1cc(Cl)ccc1CNC1CC1. The topological polar surface area (TPSA) is 44.4 Å². The minimum Gasteiger partial charge on any atom is -0.374 e. The fourth-order valence-corrected chi connectivity index (χ4v) is 2.26. The van der Waals surface area contributed by atoms with Crippen molar-refractivity contribution in [2.75, 3.05) is 25.5 Å². The van der Waals surface area contributed by atoms with E-state index in [2.05, 4.69) is 21.6 Å². The van der Waals surface area contributed by atoms with Gasteiger partial charge >= 0.3 is 0 Å². The molecule has 110 valence electrons. The molecule has 0 saturated heterocycles. The van der Waals surface area contributed by atoms with Gasteiger partial charge in [-0.15, -0.1) is 0 Å². The quantitative estimate of drug-likeness (QED) is 0.810. The summed E-state index contributed by atoms with van der Waals surface area (Å²) in [5, 5.41) is 6.88. The Morgan fingerprint density at radius 3 is 2.85 bits per heavy atom. The number of hydrogen-bond acceptors (Lipinski definition) is 3. The number of nitrogens with one attached hydrogen (secondary N) is 2. The number of nitrogens with zero attached hydrogens (tertiary/aromatic N) is 1. The second kappa shape index (κ2) is 6.95. The van der Waals surface area contributed by atoms with Crippen LogP contribution in [0.1, 0.15) is 24.8 Å². The fraction of sp³-hybridized carbons (Fsp3) is 0.533. The van der Waals surface area contributed by atoms with E-state index in [0.29, 0.717) is 19.0 Å². The molecule has 0 heterocycles. The highest BCUT2D eigenvalue weighted by molar-refractivity contribution is 6.30. The third kappa shape index (κ3) is 4.39. The Balaban J connectivity index is 2.02. The van der Waals surface area contributed by atoms with E-state index in [1.165, 1.54) is 18.4 Å². The summed E-state index contributed by atoms with van der Waals surface area (Å²) in [5.41, 5.74) is 2.32. The van der Waals surface area contributed by atoms with Gasteiger partial charge in [0, 0.05) is 50.4 Å². The summed E-state index contributed by atoms with van der Waals surface area (Å²) < 4.78 is 0. The molecule has 0 aromatic heterocycles. The van der Waals surface area contributed by atoms with Crippen molar-refractivity contribution < 1.29 is 4.79 Å². The van der Waals surface area contributed by atoms with Gasteiger partial charge in [0.15, 0.2) is 0 Å². The zero-order valence-electron chi connectivity index (χ0n) is 12.1. The van der Waals surface area contributed by atoms with Crippen molar-refractivity contribution in [3.63, 3.8) is 0 Å². The highest BCUT2D eigenvalue weighted by Crippen LogP contribution is 2.26. The summed E-state index contributed by atoms with van der Waals surface area (Å²) in [7, 11) is 3.65. The second-order valence-corrected chi connectivity index (χ2v) is 5.71. The Labute approximate surface area is 125 Å². The molecule has 4 nitrogen and oxygen atoms in total. The molecule has 1 aliphatic rings. The summed E-state index contributed by atoms with van der Waals surface area (Å²) in [5.74, 6) is 0.0523. The summed E-state index contributed by atoms with van der Waals surface area (Å²) in [6, 6.07) is 6.62. The molecule has 0 atom stereocenters. The maximum absolute atomic E-state index is 11.3. The van der Waals surface area contributed by atoms with Crippen LogP contribution in [0.4, 0.5) is 5.69 Å². The Morgan fingerprint density at radius 1 is 1.45 bits per heavy atom. The largest absolute Gasteiger partial charge is 0.374 e. The highest BCUT2D eigenvalue weighted by Gasteiger charge is 2.20. The lowest BCUT2D eigenvalue weighted by Gasteiger charge is -2.23. The molecule has 0 unspecified atom stereocenters. The zero-order chi connectivity index (χ0) is 14.5. The van der Waals surface area contributed by atoms with Crippen molar-refractivity contribution in [1.29, 1.82) is 0 Å². The van der Waals surface area contributed by atoms with Crippen molar-refractivity contribution in [1.82, 2.24) is 10.6 Å². The van der Waals surface area contributed by atoms with E-state index in [4.69, 9.17) is 11.6 Å². The standard InChI is InChI=1S/C15H22ClN3O/c1-17-15(20)7-8-19(2)14-9-12(16)4-3-11(14)10-18-13-5-6-13/h3-4,9,13,18H,5-8,10H2,1-2H3,(H,17,20). The number of carbonyl (C=O) groups excluding carboxylic acids is 1. The molecule has 5 heteroatoms. The lowest BCUT2D eigenvalue weighted by Crippen LogP contribution is -2.27. The first-order chi connectivity index (χ1) is 9.60. The van der Waals surface area contributed by atoms with Gasteiger partial charge in [-0.25, -0.2) is 0 Å². The highest BCUT2D eigenvalue weighted by atomic mass is 35.5. The molecular weight excluding hydrogens is 274 g/mol. The molecule has 1 fully saturated rings. The van der Waals surface area contributed by atoms with Crippen molar-refractivity contribution in [3.05, 3.63) is 28.8 Å². The molecule has 2 rings (SSSR count). The maximum Gasteiger partial charge on any atom is 0.221 e. The van der Waals surface area contributed by atoms with Crippen LogP contribution in [0.5, 0.6) is 0 Å². The van der Waals surface area contributed by atoms with Gasteiger partial charge in [0.2, 0.25) is 5.91 Å². The van der Waals surface area contributed by atoms with Crippen LogP contribution in [0.25, 0.3) is 0 Å². The van der Waals surface area contributed by atoms with Gasteiger partial charge in [-0.2, -0.15) is 0 Å². The molecule has 0 aliphatic heterocycles. The third-order valence-corrected chi connectivity index (χ3v) is 3.81. The minimum absolute atomic E-state index is 0.0523. The average Bonchev–Trinajstić information content (AvgIpc) is 3.27. The van der Waals surface area contributed by atoms with Crippen LogP contribution >= 0.6 is 11.6 Å². The smallest absolute Gasteiger partial charge is 0.221 e. The second-order valence-electron chi connectivity index (χ2n) is 5.27. The first-order valence-corrected chi connectivity index (χ1v) is 7.41. The number of hydrogen-bond donors (Lipinski definition) is 2. The zero-order valence-corrected chi connectivity index (χ0v) is 12.8. The molecule has 1 aliphatic carbocycles. The van der Waals surface area contributed by atoms with Crippen LogP contribution in [0.3, 0.4) is 0 Å². The summed E-state index contributed by atoms with van der Waals surface area (Å²) in [6.07, 6.45) is 3.03. The number of halogens is 1. The van der Waals surface area contributed by atoms with Gasteiger partial charge in [0.05, 0.1) is 0 Å². The van der Waals surface area contributed by atoms with Crippen LogP contribution in [-0.4, -0.2) is 32.6 Å². The van der Waals surface area contributed by atoms with E-state index < -0.39 is 0 Å². The number of rotatable bonds is 7. The lowest BCUT2D eigenvalue weighted by molar-refractivity contribution is -0.120. The van der Waals surface area contributed by atoms with E-state index in [9.17, 15) is 4.79 Å². The molecule has 1 aromatic carbocycles. The Morgan fingerprint density at radius 2 is 2.20 bits per heavy atom. The molecular formula is C15H22ClN3O. The predicted octanol–water partition coefficient (Wildman–Crippen LogP) is 2.16. The molecule has 0 radical (unpaired) electrons. The van der Waals surface area contributed by atoms with Gasteiger partial charge in [-0.3, -0.25) is 4.79 Å². The Bertz CT molecular complexity index is 474. The molecule has 1 aromatic rings. The fourth-order valence-electron chi connectivity index (χ4n) is 2.10. The molecule has 1 saturated carbocycles. The van der Waals surface area contributed by atoms with Crippen molar-refractivity contribution >= 4 is 23.2 Å². The average molecular weight is 296 g/mol. The van der Waals surface area contributed by atoms with E-state index in [1.807, 2.05) is 19.2 Å². The number of carbonyl (C=O) groups is 1. The van der Waals surface area contributed by atoms with E-state index >= 15 is 0 Å². The maximum atomic E-state index is 11.3. The van der Waals surface area contributed by atoms with Gasteiger partial charge in [-0.05, 0) is 30.5 Å². The monoisotopic (exact) mass is 295 g/mol. The third-order valence-electron chi connectivity index (χ3n) is 3.57. The summed E-state index contributed by atoms with van der Waals surface area (Å²) in [6.45, 7) is 1.53. The van der Waals surface area contributed by atoms with Crippen LogP contribution in [-0.2, 0) is 11.3 Å². The van der Waals surface area contributed by atoms with Gasteiger partial charge in [0.25, 0.3) is 0 Å². The Kier molecular flexibility index (Phi) is 5.26. The van der Waals surface area contributed by atoms with Crippen molar-refractivity contribution in [3.8, 4) is 0 Å². The number of benzene rings is 1. The minimum atomic E-state index is 0.0523. The number of amides is 1. The van der Waals surface area contributed by atoms with E-state index in [0.717, 1.165) is 17.3 Å². The van der Waals surface area contributed by atoms with Gasteiger partial charge in [0.1, 0.15) is 0 Å². The molecule has 1 amide bonds. The van der Waals surface area contributed by atoms with Crippen LogP contribution in [0.2, 0.25) is 5.02 Å². The van der Waals surface area contributed by atoms with Crippen LogP contribution in [0.15, 0.2) is 18.2 Å². The van der Waals surface area contributed by atoms with E-state index in [-0.39, 0.29) is 5.91 Å². The first kappa shape index (κ1) is 15.1. The molecule has 20 heavy (non-hydrogen) atoms.